The Labute approximate surface area is 358 Å². The number of aliphatic hydroxyl groups is 1. The molecule has 0 aromatic rings. The van der Waals surface area contributed by atoms with E-state index in [1.165, 1.54) is 58.3 Å². The second kappa shape index (κ2) is 42.6. The number of hydrogen-bond acceptors (Lipinski definition) is 10. The zero-order valence-electron chi connectivity index (χ0n) is 29.5. The summed E-state index contributed by atoms with van der Waals surface area (Å²) in [5.74, 6) is 32.0. The van der Waals surface area contributed by atoms with Crippen molar-refractivity contribution in [1.29, 1.82) is 0 Å². The van der Waals surface area contributed by atoms with Crippen LogP contribution in [-0.2, 0) is 28.2 Å². The Morgan fingerprint density at radius 3 is 1.57 bits per heavy atom. The summed E-state index contributed by atoms with van der Waals surface area (Å²) in [6.45, 7) is 3.87. The topological polar surface area (TPSA) is 145 Å². The maximum absolute atomic E-state index is 11.8. The summed E-state index contributed by atoms with van der Waals surface area (Å²) in [6, 6.07) is 0. The molecule has 1 atom stereocenters. The van der Waals surface area contributed by atoms with E-state index in [9.17, 15) is 23.9 Å². The molecule has 0 unspecified atom stereocenters. The molecule has 0 bridgehead atoms. The molecule has 0 aliphatic carbocycles. The van der Waals surface area contributed by atoms with Crippen LogP contribution in [0.5, 0.6) is 0 Å². The van der Waals surface area contributed by atoms with Crippen LogP contribution in [0.1, 0.15) is 120 Å². The van der Waals surface area contributed by atoms with Crippen molar-refractivity contribution in [2.24, 2.45) is 0 Å². The normalized spacial score (nSPS) is 9.27. The fraction of sp³-hybridized carbons (Fsp3) is 0.556. The third-order valence-corrected chi connectivity index (χ3v) is 6.36. The number of esters is 1. The first kappa shape index (κ1) is 54.2. The average Bonchev–Trinajstić information content (AvgIpc) is 3.02. The maximum atomic E-state index is 11.8. The van der Waals surface area contributed by atoms with Crippen LogP contribution in [-0.4, -0.2) is 42.3 Å². The summed E-state index contributed by atoms with van der Waals surface area (Å²) in [7, 11) is -5.15. The molecule has 9 nitrogen and oxygen atoms in total. The van der Waals surface area contributed by atoms with Gasteiger partial charge in [-0.2, -0.15) is 0 Å². The second-order valence-corrected chi connectivity index (χ2v) is 11.6. The number of rotatable bonds is 20. The van der Waals surface area contributed by atoms with Crippen molar-refractivity contribution in [1.82, 2.24) is 0 Å². The molecule has 0 fully saturated rings. The zero-order valence-corrected chi connectivity index (χ0v) is 35.2. The molecule has 0 aromatic carbocycles. The molecule has 13 heteroatoms. The number of phosphoric ester groups is 1. The van der Waals surface area contributed by atoms with E-state index in [2.05, 4.69) is 98.4 Å². The van der Waals surface area contributed by atoms with Crippen molar-refractivity contribution in [2.45, 2.75) is 110 Å². The number of carbonyl (C=O) groups is 2. The fourth-order valence-electron chi connectivity index (χ4n) is 3.33. The van der Waals surface area contributed by atoms with Crippen molar-refractivity contribution >= 4 is 30.7 Å². The Morgan fingerprint density at radius 2 is 1.16 bits per heavy atom. The van der Waals surface area contributed by atoms with Gasteiger partial charge in [-0.25, -0.2) is 0 Å². The van der Waals surface area contributed by atoms with Gasteiger partial charge in [-0.05, 0) is 89.6 Å². The smallest absolute Gasteiger partial charge is 0.790 e. The minimum Gasteiger partial charge on any atom is -0.790 e. The summed E-state index contributed by atoms with van der Waals surface area (Å²) in [5.41, 5.74) is 0. The quantitative estimate of drug-likeness (QED) is 0.0474. The van der Waals surface area contributed by atoms with Gasteiger partial charge in [0.25, 0.3) is 0 Å². The predicted molar refractivity (Wildman–Crippen MR) is 204 cm³/mol. The third kappa shape index (κ3) is 50.9. The van der Waals surface area contributed by atoms with Crippen molar-refractivity contribution in [3.63, 3.8) is 0 Å². The molecule has 0 aliphatic heterocycles. The van der Waals surface area contributed by atoms with E-state index < -0.39 is 33.3 Å². The number of aliphatic hydroxyl groups excluding tert-OH is 1. The van der Waals surface area contributed by atoms with Gasteiger partial charge in [-0.15, -0.1) is 0 Å². The van der Waals surface area contributed by atoms with Gasteiger partial charge in [0.1, 0.15) is 12.9 Å². The van der Waals surface area contributed by atoms with Gasteiger partial charge < -0.3 is 33.5 Å². The summed E-state index contributed by atoms with van der Waals surface area (Å²) in [4.78, 5) is 43.3. The van der Waals surface area contributed by atoms with E-state index in [0.29, 0.717) is 6.42 Å². The SMILES string of the molecule is CC#CC#CC#CC#CC#CC#CC#CSC(C)=O.CCCCCCCCCCCCCCC(=O)O[C@@H](COCO)COP(=O)([O-])[O-].[HH].[HH].[HH].[HH].[HH].[HH].[HH].[HH].[HH].[HH].[HH].[Na+].[Na+]. The Morgan fingerprint density at radius 1 is 0.735 bits per heavy atom. The van der Waals surface area contributed by atoms with E-state index >= 15 is 0 Å². The van der Waals surface area contributed by atoms with Gasteiger partial charge in [-0.3, -0.25) is 9.59 Å². The van der Waals surface area contributed by atoms with Crippen molar-refractivity contribution in [3.05, 3.63) is 0 Å². The Kier molecular flexibility index (Phi) is 47.1. The average molecular weight is 751 g/mol. The van der Waals surface area contributed by atoms with Gasteiger partial charge in [0, 0.05) is 40.8 Å². The van der Waals surface area contributed by atoms with Crippen LogP contribution < -0.4 is 68.9 Å². The Hall–Kier alpha value is -1.56. The van der Waals surface area contributed by atoms with Crippen LogP contribution in [0.4, 0.5) is 0 Å². The number of ether oxygens (including phenoxy) is 2. The molecular formula is C36H65Na2O9PS. The largest absolute Gasteiger partial charge is 1.00 e. The third-order valence-electron chi connectivity index (χ3n) is 5.40. The molecule has 0 saturated heterocycles. The molecule has 0 heterocycles. The van der Waals surface area contributed by atoms with Crippen molar-refractivity contribution in [2.75, 3.05) is 20.0 Å². The first-order valence-corrected chi connectivity index (χ1v) is 17.6. The molecule has 0 rings (SSSR count). The van der Waals surface area contributed by atoms with Gasteiger partial charge >= 0.3 is 65.1 Å². The Bertz CT molecular complexity index is 1440. The molecule has 0 aliphatic rings. The molecule has 0 aromatic heterocycles. The van der Waals surface area contributed by atoms with E-state index in [-0.39, 0.29) is 93.0 Å². The van der Waals surface area contributed by atoms with Crippen molar-refractivity contribution in [3.8, 4) is 82.2 Å². The predicted octanol–water partition coefficient (Wildman–Crippen LogP) is 0.782. The number of phosphoric acid groups is 1. The molecular weight excluding hydrogens is 685 g/mol. The summed E-state index contributed by atoms with van der Waals surface area (Å²) < 4.78 is 24.4. The summed E-state index contributed by atoms with van der Waals surface area (Å²) >= 11 is 0.895. The standard InChI is InChI=1S/C19H39O8P.C17H6OS.2Na.11H2/c1-2-3-4-5-6-7-8-9-10-11-12-13-14-19(21)27-18(15-25-17-20)16-26-28(22,23)24;1-3-4-5-6-7-8-9-10-11-12-13-14-15-16-19-17(2)18;;;;;;;;;;;;;/h18,20H,2-17H2,1H3,(H2,22,23,24);1-2H3;;;11*1H/q;;2*+1;;;;;;;;;;;/p-2/t18-;;;;;;;;;;;;;;/m0............../s1. The van der Waals surface area contributed by atoms with Gasteiger partial charge in [0.05, 0.1) is 21.0 Å². The van der Waals surface area contributed by atoms with Gasteiger partial charge in [0.2, 0.25) is 0 Å². The minimum atomic E-state index is -5.15. The monoisotopic (exact) mass is 750 g/mol. The molecule has 0 saturated carbocycles. The van der Waals surface area contributed by atoms with Gasteiger partial charge in [-0.1, -0.05) is 83.5 Å². The first-order chi connectivity index (χ1) is 22.7. The molecule has 0 spiro atoms. The molecule has 276 valence electrons. The number of carbonyl (C=O) groups excluding carboxylic acids is 2. The van der Waals surface area contributed by atoms with Crippen LogP contribution >= 0.6 is 19.6 Å². The summed E-state index contributed by atoms with van der Waals surface area (Å²) in [6.07, 6.45) is 13.4. The van der Waals surface area contributed by atoms with E-state index in [1.807, 2.05) is 0 Å². The van der Waals surface area contributed by atoms with E-state index in [4.69, 9.17) is 9.84 Å². The van der Waals surface area contributed by atoms with Crippen LogP contribution in [0.25, 0.3) is 0 Å². The van der Waals surface area contributed by atoms with Crippen LogP contribution in [0.2, 0.25) is 0 Å². The number of thioether (sulfide) groups is 1. The second-order valence-electron chi connectivity index (χ2n) is 9.44. The minimum absolute atomic E-state index is 0. The van der Waals surface area contributed by atoms with Crippen molar-refractivity contribution < 1.29 is 118 Å². The summed E-state index contributed by atoms with van der Waals surface area (Å²) in [5, 5.41) is 11.1. The first-order valence-electron chi connectivity index (χ1n) is 15.3. The molecule has 0 amide bonds. The van der Waals surface area contributed by atoms with Gasteiger partial charge in [0.15, 0.2) is 5.12 Å². The fourth-order valence-corrected chi connectivity index (χ4v) is 3.92. The Balaban J connectivity index is -0.0000000444. The zero-order chi connectivity index (χ0) is 35.3. The molecule has 49 heavy (non-hydrogen) atoms. The number of hydrogen-bond donors (Lipinski definition) is 1. The van der Waals surface area contributed by atoms with Crippen LogP contribution in [0.15, 0.2) is 0 Å². The molecule has 0 radical (unpaired) electrons. The van der Waals surface area contributed by atoms with Crippen LogP contribution in [0.3, 0.4) is 0 Å². The number of unbranched alkanes of at least 4 members (excludes halogenated alkanes) is 11. The maximum Gasteiger partial charge on any atom is 1.00 e. The van der Waals surface area contributed by atoms with Crippen LogP contribution in [0, 0.1) is 82.2 Å². The van der Waals surface area contributed by atoms with E-state index in [0.717, 1.165) is 31.0 Å². The van der Waals surface area contributed by atoms with E-state index in [1.54, 1.807) is 6.92 Å². The molecule has 1 N–H and O–H groups in total.